The molecule has 0 aromatic carbocycles. The van der Waals surface area contributed by atoms with E-state index in [1.165, 1.54) is 36.6 Å². The van der Waals surface area contributed by atoms with Gasteiger partial charge >= 0.3 is 0 Å². The molecule has 0 bridgehead atoms. The lowest BCUT2D eigenvalue weighted by atomic mass is 9.99. The number of aryl methyl sites for hydroxylation is 1. The minimum absolute atomic E-state index is 0.736. The van der Waals surface area contributed by atoms with Crippen LogP contribution < -0.4 is 0 Å². The smallest absolute Gasteiger partial charge is 0.0897 e. The molecule has 0 spiro atoms. The van der Waals surface area contributed by atoms with Crippen LogP contribution in [0.2, 0.25) is 0 Å². The summed E-state index contributed by atoms with van der Waals surface area (Å²) < 4.78 is 0. The lowest BCUT2D eigenvalue weighted by Gasteiger charge is -2.30. The average molecular weight is 245 g/mol. The number of rotatable bonds is 3. The van der Waals surface area contributed by atoms with E-state index in [0.717, 1.165) is 18.3 Å². The molecule has 0 unspecified atom stereocenters. The summed E-state index contributed by atoms with van der Waals surface area (Å²) in [6.45, 7) is 5.43. The Labute approximate surface area is 100 Å². The van der Waals surface area contributed by atoms with Gasteiger partial charge in [0.05, 0.1) is 10.7 Å². The number of thiazole rings is 1. The first-order chi connectivity index (χ1) is 7.28. The third-order valence-corrected chi connectivity index (χ3v) is 4.24. The van der Waals surface area contributed by atoms with Gasteiger partial charge in [0, 0.05) is 17.8 Å². The summed E-state index contributed by atoms with van der Waals surface area (Å²) in [5.41, 5.74) is 1.22. The maximum atomic E-state index is 5.86. The summed E-state index contributed by atoms with van der Waals surface area (Å²) in [5, 5.41) is 3.34. The first-order valence-corrected chi connectivity index (χ1v) is 6.88. The minimum atomic E-state index is 0.736. The molecular weight excluding hydrogens is 228 g/mol. The summed E-state index contributed by atoms with van der Waals surface area (Å²) in [4.78, 5) is 6.98. The molecule has 1 aliphatic rings. The first-order valence-electron chi connectivity index (χ1n) is 5.47. The third-order valence-electron chi connectivity index (χ3n) is 2.98. The van der Waals surface area contributed by atoms with E-state index < -0.39 is 0 Å². The van der Waals surface area contributed by atoms with E-state index in [4.69, 9.17) is 11.6 Å². The van der Waals surface area contributed by atoms with Crippen molar-refractivity contribution in [1.82, 2.24) is 9.88 Å². The molecule has 1 aliphatic heterocycles. The van der Waals surface area contributed by atoms with Gasteiger partial charge in [-0.2, -0.15) is 0 Å². The van der Waals surface area contributed by atoms with Crippen LogP contribution in [0.5, 0.6) is 0 Å². The maximum absolute atomic E-state index is 5.86. The second kappa shape index (κ2) is 5.28. The van der Waals surface area contributed by atoms with Crippen LogP contribution in [0.25, 0.3) is 0 Å². The predicted octanol–water partition coefficient (Wildman–Crippen LogP) is 2.90. The SMILES string of the molecule is Cc1nc(CN2CCC(CCl)CC2)cs1. The molecule has 0 amide bonds. The van der Waals surface area contributed by atoms with E-state index in [1.54, 1.807) is 11.3 Å². The molecule has 0 atom stereocenters. The van der Waals surface area contributed by atoms with Gasteiger partial charge in [-0.3, -0.25) is 4.90 Å². The highest BCUT2D eigenvalue weighted by atomic mass is 35.5. The van der Waals surface area contributed by atoms with E-state index in [9.17, 15) is 0 Å². The monoisotopic (exact) mass is 244 g/mol. The van der Waals surface area contributed by atoms with Crippen LogP contribution in [0.3, 0.4) is 0 Å². The second-order valence-electron chi connectivity index (χ2n) is 4.23. The van der Waals surface area contributed by atoms with Gasteiger partial charge in [-0.1, -0.05) is 0 Å². The van der Waals surface area contributed by atoms with Crippen molar-refractivity contribution in [3.63, 3.8) is 0 Å². The summed E-state index contributed by atoms with van der Waals surface area (Å²) in [7, 11) is 0. The van der Waals surface area contributed by atoms with E-state index >= 15 is 0 Å². The van der Waals surface area contributed by atoms with Gasteiger partial charge in [0.25, 0.3) is 0 Å². The van der Waals surface area contributed by atoms with E-state index in [0.29, 0.717) is 0 Å². The average Bonchev–Trinajstić information content (AvgIpc) is 2.65. The van der Waals surface area contributed by atoms with E-state index in [2.05, 4.69) is 22.2 Å². The molecular formula is C11H17ClN2S. The number of nitrogens with zero attached hydrogens (tertiary/aromatic N) is 2. The largest absolute Gasteiger partial charge is 0.297 e. The molecule has 2 nitrogen and oxygen atoms in total. The van der Waals surface area contributed by atoms with Crippen LogP contribution in [0, 0.1) is 12.8 Å². The molecule has 0 radical (unpaired) electrons. The normalized spacial score (nSPS) is 19.6. The summed E-state index contributed by atoms with van der Waals surface area (Å²) in [6, 6.07) is 0. The fourth-order valence-corrected chi connectivity index (χ4v) is 2.92. The Morgan fingerprint density at radius 3 is 2.80 bits per heavy atom. The number of alkyl halides is 1. The van der Waals surface area contributed by atoms with Gasteiger partial charge in [0.2, 0.25) is 0 Å². The Morgan fingerprint density at radius 2 is 2.27 bits per heavy atom. The number of hydrogen-bond acceptors (Lipinski definition) is 3. The van der Waals surface area contributed by atoms with Gasteiger partial charge in [-0.25, -0.2) is 4.98 Å². The van der Waals surface area contributed by atoms with Crippen LogP contribution in [-0.4, -0.2) is 28.9 Å². The number of halogens is 1. The molecule has 1 fully saturated rings. The van der Waals surface area contributed by atoms with Gasteiger partial charge in [-0.05, 0) is 38.8 Å². The quantitative estimate of drug-likeness (QED) is 0.761. The number of likely N-dealkylation sites (tertiary alicyclic amines) is 1. The van der Waals surface area contributed by atoms with Crippen molar-refractivity contribution in [2.75, 3.05) is 19.0 Å². The van der Waals surface area contributed by atoms with Crippen molar-refractivity contribution in [1.29, 1.82) is 0 Å². The van der Waals surface area contributed by atoms with Crippen LogP contribution >= 0.6 is 22.9 Å². The number of hydrogen-bond donors (Lipinski definition) is 0. The number of piperidine rings is 1. The molecule has 4 heteroatoms. The molecule has 0 aliphatic carbocycles. The van der Waals surface area contributed by atoms with E-state index in [1.807, 2.05) is 0 Å². The Bertz CT molecular complexity index is 305. The van der Waals surface area contributed by atoms with Crippen LogP contribution in [0.15, 0.2) is 5.38 Å². The second-order valence-corrected chi connectivity index (χ2v) is 5.60. The van der Waals surface area contributed by atoms with Gasteiger partial charge in [0.1, 0.15) is 0 Å². The predicted molar refractivity (Wildman–Crippen MR) is 65.6 cm³/mol. The molecule has 0 N–H and O–H groups in total. The summed E-state index contributed by atoms with van der Waals surface area (Å²) in [5.74, 6) is 1.56. The van der Waals surface area contributed by atoms with Crippen LogP contribution in [-0.2, 0) is 6.54 Å². The Balaban J connectivity index is 1.82. The molecule has 84 valence electrons. The van der Waals surface area contributed by atoms with Crippen molar-refractivity contribution in [3.05, 3.63) is 16.1 Å². The highest BCUT2D eigenvalue weighted by molar-refractivity contribution is 7.09. The molecule has 1 aromatic rings. The van der Waals surface area contributed by atoms with Crippen molar-refractivity contribution in [3.8, 4) is 0 Å². The summed E-state index contributed by atoms with van der Waals surface area (Å²) in [6.07, 6.45) is 2.49. The fourth-order valence-electron chi connectivity index (χ4n) is 2.01. The lowest BCUT2D eigenvalue weighted by molar-refractivity contribution is 0.185. The molecule has 0 saturated carbocycles. The van der Waals surface area contributed by atoms with Gasteiger partial charge in [-0.15, -0.1) is 22.9 Å². The van der Waals surface area contributed by atoms with Crippen LogP contribution in [0.1, 0.15) is 23.5 Å². The van der Waals surface area contributed by atoms with Crippen molar-refractivity contribution < 1.29 is 0 Å². The van der Waals surface area contributed by atoms with Gasteiger partial charge in [0.15, 0.2) is 0 Å². The van der Waals surface area contributed by atoms with Crippen LogP contribution in [0.4, 0.5) is 0 Å². The highest BCUT2D eigenvalue weighted by Gasteiger charge is 2.18. The van der Waals surface area contributed by atoms with E-state index in [-0.39, 0.29) is 0 Å². The zero-order chi connectivity index (χ0) is 10.7. The maximum Gasteiger partial charge on any atom is 0.0897 e. The molecule has 1 saturated heterocycles. The Kier molecular flexibility index (Phi) is 4.00. The van der Waals surface area contributed by atoms with Crippen molar-refractivity contribution in [2.45, 2.75) is 26.3 Å². The number of aromatic nitrogens is 1. The molecule has 2 rings (SSSR count). The fraction of sp³-hybridized carbons (Fsp3) is 0.727. The Hall–Kier alpha value is -0.120. The van der Waals surface area contributed by atoms with Crippen molar-refractivity contribution >= 4 is 22.9 Å². The topological polar surface area (TPSA) is 16.1 Å². The third kappa shape index (κ3) is 3.16. The molecule has 1 aromatic heterocycles. The molecule has 2 heterocycles. The minimum Gasteiger partial charge on any atom is -0.297 e. The summed E-state index contributed by atoms with van der Waals surface area (Å²) >= 11 is 7.60. The first kappa shape index (κ1) is 11.4. The highest BCUT2D eigenvalue weighted by Crippen LogP contribution is 2.20. The van der Waals surface area contributed by atoms with Gasteiger partial charge < -0.3 is 0 Å². The zero-order valence-corrected chi connectivity index (χ0v) is 10.7. The lowest BCUT2D eigenvalue weighted by Crippen LogP contribution is -2.33. The zero-order valence-electron chi connectivity index (χ0n) is 9.08. The Morgan fingerprint density at radius 1 is 1.53 bits per heavy atom. The standard InChI is InChI=1S/C11H17ClN2S/c1-9-13-11(8-15-9)7-14-4-2-10(6-12)3-5-14/h8,10H,2-7H2,1H3. The van der Waals surface area contributed by atoms with Crippen molar-refractivity contribution in [2.24, 2.45) is 5.92 Å². The molecule has 15 heavy (non-hydrogen) atoms.